The molecule has 0 radical (unpaired) electrons. The van der Waals surface area contributed by atoms with E-state index < -0.39 is 12.0 Å². The molecule has 2 unspecified atom stereocenters. The highest BCUT2D eigenvalue weighted by Crippen LogP contribution is 2.32. The first kappa shape index (κ1) is 26.9. The molecular weight excluding hydrogens is 458 g/mol. The Balaban J connectivity index is 1.82. The van der Waals surface area contributed by atoms with Crippen LogP contribution >= 0.6 is 0 Å². The third-order valence-corrected chi connectivity index (χ3v) is 6.22. The van der Waals surface area contributed by atoms with Crippen LogP contribution in [0, 0.1) is 0 Å². The number of urea groups is 1. The zero-order chi connectivity index (χ0) is 26.1. The second-order valence-corrected chi connectivity index (χ2v) is 8.64. The number of hydrogen-bond donors (Lipinski definition) is 2. The number of anilines is 1. The molecule has 2 aromatic carbocycles. The predicted molar refractivity (Wildman–Crippen MR) is 138 cm³/mol. The number of methoxy groups -OCH3 is 1. The van der Waals surface area contributed by atoms with Crippen LogP contribution in [0.5, 0.6) is 0 Å². The highest BCUT2D eigenvalue weighted by Gasteiger charge is 2.36. The van der Waals surface area contributed by atoms with Crippen LogP contribution in [0.3, 0.4) is 0 Å². The zero-order valence-corrected chi connectivity index (χ0v) is 21.4. The van der Waals surface area contributed by atoms with Gasteiger partial charge >= 0.3 is 12.0 Å². The number of nitrogens with zero attached hydrogens (tertiary/aromatic N) is 1. The molecule has 8 heteroatoms. The number of carbonyl (C=O) groups excluding carboxylic acids is 3. The smallest absolute Gasteiger partial charge is 0.338 e. The Morgan fingerprint density at radius 2 is 1.75 bits per heavy atom. The number of hydrogen-bond acceptors (Lipinski definition) is 5. The summed E-state index contributed by atoms with van der Waals surface area (Å²) in [6.07, 6.45) is 1.42. The van der Waals surface area contributed by atoms with Crippen molar-refractivity contribution in [3.63, 3.8) is 0 Å². The number of allylic oxidation sites excluding steroid dienone is 1. The van der Waals surface area contributed by atoms with Crippen LogP contribution in [-0.2, 0) is 19.1 Å². The molecule has 192 valence electrons. The molecule has 0 fully saturated rings. The summed E-state index contributed by atoms with van der Waals surface area (Å²) in [7, 11) is 1.54. The van der Waals surface area contributed by atoms with Gasteiger partial charge in [0, 0.05) is 25.0 Å². The summed E-state index contributed by atoms with van der Waals surface area (Å²) >= 11 is 0. The van der Waals surface area contributed by atoms with E-state index in [0.29, 0.717) is 35.5 Å². The van der Waals surface area contributed by atoms with Crippen LogP contribution < -0.4 is 10.6 Å². The topological polar surface area (TPSA) is 97.0 Å². The molecule has 0 spiro atoms. The minimum Gasteiger partial charge on any atom is -0.460 e. The van der Waals surface area contributed by atoms with Crippen molar-refractivity contribution >= 4 is 23.6 Å². The van der Waals surface area contributed by atoms with Crippen LogP contribution in [0.2, 0.25) is 0 Å². The Morgan fingerprint density at radius 3 is 2.36 bits per heavy atom. The van der Waals surface area contributed by atoms with Crippen molar-refractivity contribution in [2.45, 2.75) is 45.6 Å². The lowest BCUT2D eigenvalue weighted by atomic mass is 9.94. The second kappa shape index (κ2) is 12.9. The Hall–Kier alpha value is -3.65. The monoisotopic (exact) mass is 493 g/mol. The minimum absolute atomic E-state index is 0.0872. The minimum atomic E-state index is -0.668. The number of ether oxygens (including phenoxy) is 2. The maximum absolute atomic E-state index is 13.0. The average molecular weight is 494 g/mol. The van der Waals surface area contributed by atoms with E-state index in [4.69, 9.17) is 9.47 Å². The zero-order valence-electron chi connectivity index (χ0n) is 21.4. The van der Waals surface area contributed by atoms with Crippen molar-refractivity contribution in [2.24, 2.45) is 0 Å². The normalized spacial score (nSPS) is 16.4. The Morgan fingerprint density at radius 1 is 1.06 bits per heavy atom. The fourth-order valence-electron chi connectivity index (χ4n) is 4.33. The summed E-state index contributed by atoms with van der Waals surface area (Å²) in [5.41, 5.74) is 3.27. The van der Waals surface area contributed by atoms with E-state index in [1.165, 1.54) is 7.11 Å². The summed E-state index contributed by atoms with van der Waals surface area (Å²) in [4.78, 5) is 40.3. The van der Waals surface area contributed by atoms with Gasteiger partial charge in [-0.05, 0) is 43.0 Å². The van der Waals surface area contributed by atoms with Crippen molar-refractivity contribution in [1.82, 2.24) is 10.2 Å². The molecule has 2 aromatic rings. The van der Waals surface area contributed by atoms with Crippen LogP contribution in [0.1, 0.15) is 56.7 Å². The highest BCUT2D eigenvalue weighted by molar-refractivity contribution is 5.96. The summed E-state index contributed by atoms with van der Waals surface area (Å²) in [5, 5.41) is 5.92. The number of amides is 3. The summed E-state index contributed by atoms with van der Waals surface area (Å²) in [6.45, 7) is 6.60. The third kappa shape index (κ3) is 6.31. The van der Waals surface area contributed by atoms with Gasteiger partial charge in [0.15, 0.2) is 0 Å². The first-order valence-corrected chi connectivity index (χ1v) is 12.3. The first-order chi connectivity index (χ1) is 17.4. The largest absolute Gasteiger partial charge is 0.460 e. The van der Waals surface area contributed by atoms with Crippen molar-refractivity contribution < 1.29 is 23.9 Å². The molecule has 0 aliphatic carbocycles. The fourth-order valence-corrected chi connectivity index (χ4v) is 4.33. The maximum atomic E-state index is 13.0. The van der Waals surface area contributed by atoms with Crippen LogP contribution in [-0.4, -0.2) is 49.7 Å². The van der Waals surface area contributed by atoms with Gasteiger partial charge in [0.05, 0.1) is 24.1 Å². The lowest BCUT2D eigenvalue weighted by Crippen LogP contribution is -2.48. The molecule has 1 aliphatic heterocycles. The van der Waals surface area contributed by atoms with Gasteiger partial charge in [-0.3, -0.25) is 9.69 Å². The summed E-state index contributed by atoms with van der Waals surface area (Å²) < 4.78 is 10.4. The Kier molecular flexibility index (Phi) is 9.64. The molecule has 3 amide bonds. The van der Waals surface area contributed by atoms with Gasteiger partial charge in [-0.2, -0.15) is 0 Å². The quantitative estimate of drug-likeness (QED) is 0.348. The SMILES string of the molecule is CCCN1C(=O)NC(c2ccc(NC(=O)C(CC)c3ccccc3)cc2)C(C(=O)OCCOC)=C1C. The van der Waals surface area contributed by atoms with E-state index in [-0.39, 0.29) is 31.1 Å². The summed E-state index contributed by atoms with van der Waals surface area (Å²) in [6, 6.07) is 15.9. The lowest BCUT2D eigenvalue weighted by Gasteiger charge is -2.35. The van der Waals surface area contributed by atoms with Gasteiger partial charge in [0.25, 0.3) is 0 Å². The van der Waals surface area contributed by atoms with Crippen LogP contribution in [0.4, 0.5) is 10.5 Å². The Bertz CT molecular complexity index is 1080. The Labute approximate surface area is 212 Å². The fraction of sp³-hybridized carbons (Fsp3) is 0.393. The number of carbonyl (C=O) groups is 3. The average Bonchev–Trinajstić information content (AvgIpc) is 2.88. The van der Waals surface area contributed by atoms with Crippen LogP contribution in [0.25, 0.3) is 0 Å². The van der Waals surface area contributed by atoms with Crippen molar-refractivity contribution in [3.8, 4) is 0 Å². The molecule has 0 aromatic heterocycles. The molecule has 1 heterocycles. The lowest BCUT2D eigenvalue weighted by molar-refractivity contribution is -0.141. The number of rotatable bonds is 11. The highest BCUT2D eigenvalue weighted by atomic mass is 16.6. The van der Waals surface area contributed by atoms with Crippen molar-refractivity contribution in [3.05, 3.63) is 77.0 Å². The van der Waals surface area contributed by atoms with E-state index in [9.17, 15) is 14.4 Å². The molecule has 2 N–H and O–H groups in total. The van der Waals surface area contributed by atoms with Gasteiger partial charge in [0.1, 0.15) is 6.61 Å². The molecule has 0 saturated carbocycles. The van der Waals surface area contributed by atoms with E-state index in [1.54, 1.807) is 36.1 Å². The van der Waals surface area contributed by atoms with Gasteiger partial charge in [-0.25, -0.2) is 9.59 Å². The van der Waals surface area contributed by atoms with Crippen molar-refractivity contribution in [2.75, 3.05) is 32.2 Å². The number of esters is 1. The molecule has 36 heavy (non-hydrogen) atoms. The second-order valence-electron chi connectivity index (χ2n) is 8.64. The van der Waals surface area contributed by atoms with Gasteiger partial charge in [0.2, 0.25) is 5.91 Å². The van der Waals surface area contributed by atoms with E-state index in [0.717, 1.165) is 12.0 Å². The van der Waals surface area contributed by atoms with E-state index >= 15 is 0 Å². The van der Waals surface area contributed by atoms with Gasteiger partial charge in [-0.1, -0.05) is 56.3 Å². The van der Waals surface area contributed by atoms with Gasteiger partial charge < -0.3 is 20.1 Å². The summed E-state index contributed by atoms with van der Waals surface area (Å²) in [5.74, 6) is -0.843. The number of benzene rings is 2. The van der Waals surface area contributed by atoms with Crippen molar-refractivity contribution in [1.29, 1.82) is 0 Å². The molecule has 2 atom stereocenters. The molecular formula is C28H35N3O5. The maximum Gasteiger partial charge on any atom is 0.338 e. The standard InChI is InChI=1S/C28H35N3O5/c1-5-16-31-19(3)24(27(33)36-18-17-35-4)25(30-28(31)34)21-12-14-22(15-13-21)29-26(32)23(6-2)20-10-8-7-9-11-20/h7-15,23,25H,5-6,16-18H2,1-4H3,(H,29,32)(H,30,34). The van der Waals surface area contributed by atoms with Gasteiger partial charge in [-0.15, -0.1) is 0 Å². The van der Waals surface area contributed by atoms with Crippen LogP contribution in [0.15, 0.2) is 65.9 Å². The molecule has 0 bridgehead atoms. The van der Waals surface area contributed by atoms with E-state index in [1.807, 2.05) is 44.2 Å². The molecule has 8 nitrogen and oxygen atoms in total. The third-order valence-electron chi connectivity index (χ3n) is 6.22. The predicted octanol–water partition coefficient (Wildman–Crippen LogP) is 4.76. The molecule has 3 rings (SSSR count). The molecule has 0 saturated heterocycles. The number of nitrogens with one attached hydrogen (secondary N) is 2. The van der Waals surface area contributed by atoms with E-state index in [2.05, 4.69) is 10.6 Å². The first-order valence-electron chi connectivity index (χ1n) is 12.3. The molecule has 1 aliphatic rings.